The molecule has 0 fully saturated rings. The first-order chi connectivity index (χ1) is 11.8. The lowest BCUT2D eigenvalue weighted by Crippen LogP contribution is -2.25. The van der Waals surface area contributed by atoms with Crippen LogP contribution in [-0.4, -0.2) is 22.2 Å². The van der Waals surface area contributed by atoms with Crippen molar-refractivity contribution in [3.8, 4) is 11.8 Å². The first-order valence-corrected chi connectivity index (χ1v) is 7.64. The molecule has 2 aromatic carbocycles. The van der Waals surface area contributed by atoms with E-state index in [0.29, 0.717) is 24.1 Å². The van der Waals surface area contributed by atoms with E-state index >= 15 is 0 Å². The van der Waals surface area contributed by atoms with Gasteiger partial charge in [-0.25, -0.2) is 4.68 Å². The highest BCUT2D eigenvalue weighted by molar-refractivity contribution is 5.94. The second-order valence-electron chi connectivity index (χ2n) is 5.29. The minimum Gasteiger partial charge on any atom is -0.352 e. The molecule has 0 bridgehead atoms. The number of nitriles is 1. The molecular formula is C19H16N4O. The monoisotopic (exact) mass is 316 g/mol. The highest BCUT2D eigenvalue weighted by Gasteiger charge is 2.06. The van der Waals surface area contributed by atoms with Crippen molar-refractivity contribution in [3.05, 3.63) is 83.7 Å². The lowest BCUT2D eigenvalue weighted by atomic mass is 10.1. The summed E-state index contributed by atoms with van der Waals surface area (Å²) in [7, 11) is 0. The highest BCUT2D eigenvalue weighted by Crippen LogP contribution is 2.07. The summed E-state index contributed by atoms with van der Waals surface area (Å²) in [6, 6.07) is 20.5. The molecule has 0 saturated carbocycles. The highest BCUT2D eigenvalue weighted by atomic mass is 16.1. The predicted molar refractivity (Wildman–Crippen MR) is 90.8 cm³/mol. The molecule has 0 spiro atoms. The first-order valence-electron chi connectivity index (χ1n) is 7.64. The van der Waals surface area contributed by atoms with Crippen LogP contribution in [0.1, 0.15) is 21.6 Å². The van der Waals surface area contributed by atoms with Gasteiger partial charge in [-0.1, -0.05) is 24.3 Å². The fourth-order valence-corrected chi connectivity index (χ4v) is 2.36. The minimum absolute atomic E-state index is 0.186. The molecule has 0 aliphatic rings. The number of para-hydroxylation sites is 1. The molecule has 118 valence electrons. The summed E-state index contributed by atoms with van der Waals surface area (Å²) in [6.45, 7) is 0.488. The molecule has 0 atom stereocenters. The Balaban J connectivity index is 1.56. The number of aromatic nitrogens is 2. The molecule has 3 rings (SSSR count). The van der Waals surface area contributed by atoms with Crippen LogP contribution >= 0.6 is 0 Å². The van der Waals surface area contributed by atoms with Crippen LogP contribution in [0.3, 0.4) is 0 Å². The standard InChI is InChI=1S/C19H16N4O/c20-14-15-5-4-6-16(13-15)19(24)21-11-9-17-10-12-23(22-17)18-7-2-1-3-8-18/h1-8,10,12-13H,9,11H2,(H,21,24). The van der Waals surface area contributed by atoms with E-state index in [2.05, 4.69) is 10.4 Å². The van der Waals surface area contributed by atoms with Crippen molar-refractivity contribution in [1.82, 2.24) is 15.1 Å². The number of benzene rings is 2. The van der Waals surface area contributed by atoms with Gasteiger partial charge in [-0.05, 0) is 36.4 Å². The van der Waals surface area contributed by atoms with Crippen molar-refractivity contribution in [2.75, 3.05) is 6.54 Å². The molecule has 5 heteroatoms. The molecule has 1 heterocycles. The molecule has 5 nitrogen and oxygen atoms in total. The van der Waals surface area contributed by atoms with E-state index in [9.17, 15) is 4.79 Å². The Hall–Kier alpha value is -3.39. The largest absolute Gasteiger partial charge is 0.352 e. The van der Waals surface area contributed by atoms with Crippen molar-refractivity contribution in [2.24, 2.45) is 0 Å². The third-order valence-electron chi connectivity index (χ3n) is 3.59. The van der Waals surface area contributed by atoms with Gasteiger partial charge < -0.3 is 5.32 Å². The Morgan fingerprint density at radius 3 is 2.75 bits per heavy atom. The number of carbonyl (C=O) groups excluding carboxylic acids is 1. The summed E-state index contributed by atoms with van der Waals surface area (Å²) in [4.78, 5) is 12.1. The maximum atomic E-state index is 12.1. The number of hydrogen-bond donors (Lipinski definition) is 1. The molecule has 0 unspecified atom stereocenters. The summed E-state index contributed by atoms with van der Waals surface area (Å²) in [5.41, 5.74) is 2.87. The van der Waals surface area contributed by atoms with Gasteiger partial charge in [-0.3, -0.25) is 4.79 Å². The smallest absolute Gasteiger partial charge is 0.251 e. The quantitative estimate of drug-likeness (QED) is 0.787. The van der Waals surface area contributed by atoms with Gasteiger partial charge in [0, 0.05) is 24.7 Å². The zero-order valence-electron chi connectivity index (χ0n) is 13.0. The van der Waals surface area contributed by atoms with Gasteiger partial charge in [0.25, 0.3) is 5.91 Å². The Kier molecular flexibility index (Phi) is 4.68. The molecule has 3 aromatic rings. The topological polar surface area (TPSA) is 70.7 Å². The Morgan fingerprint density at radius 1 is 1.12 bits per heavy atom. The number of carbonyl (C=O) groups is 1. The van der Waals surface area contributed by atoms with Crippen LogP contribution in [0, 0.1) is 11.3 Å². The predicted octanol–water partition coefficient (Wildman–Crippen LogP) is 2.72. The molecule has 1 amide bonds. The molecule has 0 saturated heterocycles. The number of nitrogens with one attached hydrogen (secondary N) is 1. The van der Waals surface area contributed by atoms with E-state index in [1.807, 2.05) is 53.3 Å². The molecule has 0 aliphatic heterocycles. The van der Waals surface area contributed by atoms with Gasteiger partial charge >= 0.3 is 0 Å². The third kappa shape index (κ3) is 3.68. The fraction of sp³-hybridized carbons (Fsp3) is 0.105. The van der Waals surface area contributed by atoms with E-state index < -0.39 is 0 Å². The van der Waals surface area contributed by atoms with Crippen molar-refractivity contribution in [1.29, 1.82) is 5.26 Å². The van der Waals surface area contributed by atoms with Gasteiger partial charge in [0.2, 0.25) is 0 Å². The van der Waals surface area contributed by atoms with E-state index in [1.54, 1.807) is 24.3 Å². The number of nitrogens with zero attached hydrogens (tertiary/aromatic N) is 3. The van der Waals surface area contributed by atoms with Crippen molar-refractivity contribution in [2.45, 2.75) is 6.42 Å². The van der Waals surface area contributed by atoms with E-state index in [-0.39, 0.29) is 5.91 Å². The normalized spacial score (nSPS) is 10.1. The molecule has 1 aromatic heterocycles. The summed E-state index contributed by atoms with van der Waals surface area (Å²) in [5.74, 6) is -0.186. The minimum atomic E-state index is -0.186. The molecule has 0 aliphatic carbocycles. The van der Waals surface area contributed by atoms with Gasteiger partial charge in [0.1, 0.15) is 0 Å². The number of rotatable bonds is 5. The van der Waals surface area contributed by atoms with E-state index in [1.165, 1.54) is 0 Å². The van der Waals surface area contributed by atoms with Gasteiger partial charge in [-0.15, -0.1) is 0 Å². The fourth-order valence-electron chi connectivity index (χ4n) is 2.36. The second kappa shape index (κ2) is 7.25. The third-order valence-corrected chi connectivity index (χ3v) is 3.59. The summed E-state index contributed by atoms with van der Waals surface area (Å²) < 4.78 is 1.81. The SMILES string of the molecule is N#Cc1cccc(C(=O)NCCc2ccn(-c3ccccc3)n2)c1. The summed E-state index contributed by atoms with van der Waals surface area (Å²) >= 11 is 0. The Morgan fingerprint density at radius 2 is 1.96 bits per heavy atom. The van der Waals surface area contributed by atoms with Crippen molar-refractivity contribution < 1.29 is 4.79 Å². The van der Waals surface area contributed by atoms with Gasteiger partial charge in [-0.2, -0.15) is 10.4 Å². The van der Waals surface area contributed by atoms with Gasteiger partial charge in [0.05, 0.1) is 23.0 Å². The van der Waals surface area contributed by atoms with Gasteiger partial charge in [0.15, 0.2) is 0 Å². The first kappa shape index (κ1) is 15.5. The number of amides is 1. The maximum absolute atomic E-state index is 12.1. The molecule has 1 N–H and O–H groups in total. The average molecular weight is 316 g/mol. The van der Waals surface area contributed by atoms with Crippen LogP contribution < -0.4 is 5.32 Å². The van der Waals surface area contributed by atoms with Crippen LogP contribution in [0.2, 0.25) is 0 Å². The van der Waals surface area contributed by atoms with Crippen LogP contribution in [0.25, 0.3) is 5.69 Å². The zero-order chi connectivity index (χ0) is 16.8. The Bertz CT molecular complexity index is 878. The van der Waals surface area contributed by atoms with Crippen LogP contribution in [-0.2, 0) is 6.42 Å². The number of hydrogen-bond acceptors (Lipinski definition) is 3. The van der Waals surface area contributed by atoms with E-state index in [4.69, 9.17) is 5.26 Å². The van der Waals surface area contributed by atoms with Crippen LogP contribution in [0.15, 0.2) is 66.9 Å². The summed E-state index contributed by atoms with van der Waals surface area (Å²) in [6.07, 6.45) is 2.55. The Labute approximate surface area is 140 Å². The van der Waals surface area contributed by atoms with Crippen LogP contribution in [0.4, 0.5) is 0 Å². The van der Waals surface area contributed by atoms with Crippen molar-refractivity contribution in [3.63, 3.8) is 0 Å². The summed E-state index contributed by atoms with van der Waals surface area (Å²) in [5, 5.41) is 16.2. The van der Waals surface area contributed by atoms with Crippen molar-refractivity contribution >= 4 is 5.91 Å². The second-order valence-corrected chi connectivity index (χ2v) is 5.29. The lowest BCUT2D eigenvalue weighted by Gasteiger charge is -2.04. The molecule has 0 radical (unpaired) electrons. The molecular weight excluding hydrogens is 300 g/mol. The van der Waals surface area contributed by atoms with Crippen LogP contribution in [0.5, 0.6) is 0 Å². The lowest BCUT2D eigenvalue weighted by molar-refractivity contribution is 0.0954. The molecule has 24 heavy (non-hydrogen) atoms. The maximum Gasteiger partial charge on any atom is 0.251 e. The zero-order valence-corrected chi connectivity index (χ0v) is 13.0. The average Bonchev–Trinajstić information content (AvgIpc) is 3.11. The van der Waals surface area contributed by atoms with E-state index in [0.717, 1.165) is 11.4 Å².